The Hall–Kier alpha value is -2.36. The molecule has 1 aliphatic rings. The van der Waals surface area contributed by atoms with Crippen LogP contribution in [0.2, 0.25) is 0 Å². The molecular weight excluding hydrogens is 255 g/mol. The largest absolute Gasteiger partial charge is 0.328 e. The molecule has 0 aliphatic heterocycles. The molecule has 0 radical (unpaired) electrons. The minimum absolute atomic E-state index is 0.265. The fraction of sp³-hybridized carbons (Fsp3) is 0.188. The standard InChI is InChI=1S/C16H15FN2O/c17-13-7-4-8-14(11-13)18-15(20)19-16(9-10-16)12-5-2-1-3-6-12/h1-8,11H,9-10H2,(H2,18,19,20). The number of amides is 2. The zero-order valence-electron chi connectivity index (χ0n) is 10.9. The first-order valence-electron chi connectivity index (χ1n) is 6.58. The first kappa shape index (κ1) is 12.7. The minimum Gasteiger partial charge on any atom is -0.328 e. The fourth-order valence-corrected chi connectivity index (χ4v) is 2.31. The van der Waals surface area contributed by atoms with Gasteiger partial charge in [-0.3, -0.25) is 0 Å². The van der Waals surface area contributed by atoms with Gasteiger partial charge in [0.2, 0.25) is 0 Å². The SMILES string of the molecule is O=C(Nc1cccc(F)c1)NC1(c2ccccc2)CC1. The van der Waals surface area contributed by atoms with Gasteiger partial charge in [0.25, 0.3) is 0 Å². The number of urea groups is 1. The van der Waals surface area contributed by atoms with Gasteiger partial charge < -0.3 is 10.6 Å². The van der Waals surface area contributed by atoms with E-state index < -0.39 is 0 Å². The number of halogens is 1. The zero-order valence-corrected chi connectivity index (χ0v) is 10.9. The summed E-state index contributed by atoms with van der Waals surface area (Å²) in [5.74, 6) is -0.369. The molecular formula is C16H15FN2O. The van der Waals surface area contributed by atoms with E-state index in [9.17, 15) is 9.18 Å². The van der Waals surface area contributed by atoms with Gasteiger partial charge >= 0.3 is 6.03 Å². The van der Waals surface area contributed by atoms with Crippen LogP contribution in [0, 0.1) is 5.82 Å². The molecule has 1 fully saturated rings. The Bertz CT molecular complexity index is 623. The maximum Gasteiger partial charge on any atom is 0.319 e. The maximum absolute atomic E-state index is 13.1. The summed E-state index contributed by atoms with van der Waals surface area (Å²) in [6, 6.07) is 15.4. The third-order valence-electron chi connectivity index (χ3n) is 3.51. The lowest BCUT2D eigenvalue weighted by Crippen LogP contribution is -2.38. The highest BCUT2D eigenvalue weighted by Gasteiger charge is 2.45. The van der Waals surface area contributed by atoms with Crippen LogP contribution in [0.5, 0.6) is 0 Å². The van der Waals surface area contributed by atoms with E-state index >= 15 is 0 Å². The second kappa shape index (κ2) is 4.96. The summed E-state index contributed by atoms with van der Waals surface area (Å²) in [5.41, 5.74) is 1.29. The molecule has 3 nitrogen and oxygen atoms in total. The number of carbonyl (C=O) groups is 1. The average molecular weight is 270 g/mol. The normalized spacial score (nSPS) is 15.4. The van der Waals surface area contributed by atoms with Gasteiger partial charge in [-0.15, -0.1) is 0 Å². The highest BCUT2D eigenvalue weighted by Crippen LogP contribution is 2.45. The number of benzene rings is 2. The van der Waals surface area contributed by atoms with Crippen LogP contribution in [0.4, 0.5) is 14.9 Å². The second-order valence-electron chi connectivity index (χ2n) is 5.04. The summed E-state index contributed by atoms with van der Waals surface area (Å²) < 4.78 is 13.1. The highest BCUT2D eigenvalue weighted by molar-refractivity contribution is 5.90. The predicted octanol–water partition coefficient (Wildman–Crippen LogP) is 3.64. The van der Waals surface area contributed by atoms with Gasteiger partial charge in [-0.25, -0.2) is 9.18 Å². The molecule has 0 bridgehead atoms. The van der Waals surface area contributed by atoms with Crippen molar-refractivity contribution in [3.05, 3.63) is 66.0 Å². The first-order chi connectivity index (χ1) is 9.68. The van der Waals surface area contributed by atoms with Crippen molar-refractivity contribution in [1.82, 2.24) is 5.32 Å². The molecule has 3 rings (SSSR count). The van der Waals surface area contributed by atoms with Crippen LogP contribution in [0.25, 0.3) is 0 Å². The molecule has 0 saturated heterocycles. The summed E-state index contributed by atoms with van der Waals surface area (Å²) in [6.45, 7) is 0. The van der Waals surface area contributed by atoms with Gasteiger partial charge in [-0.05, 0) is 36.6 Å². The summed E-state index contributed by atoms with van der Waals surface area (Å²) in [4.78, 5) is 12.0. The third kappa shape index (κ3) is 2.64. The van der Waals surface area contributed by atoms with Gasteiger partial charge in [-0.2, -0.15) is 0 Å². The van der Waals surface area contributed by atoms with Gasteiger partial charge in [0.15, 0.2) is 0 Å². The van der Waals surface area contributed by atoms with Crippen molar-refractivity contribution in [2.24, 2.45) is 0 Å². The van der Waals surface area contributed by atoms with Crippen molar-refractivity contribution >= 4 is 11.7 Å². The van der Waals surface area contributed by atoms with Crippen LogP contribution < -0.4 is 10.6 Å². The Kier molecular flexibility index (Phi) is 3.14. The van der Waals surface area contributed by atoms with Crippen molar-refractivity contribution in [2.75, 3.05) is 5.32 Å². The quantitative estimate of drug-likeness (QED) is 0.878. The summed E-state index contributed by atoms with van der Waals surface area (Å²) in [6.07, 6.45) is 1.85. The van der Waals surface area contributed by atoms with Crippen LogP contribution in [0.3, 0.4) is 0 Å². The molecule has 0 spiro atoms. The summed E-state index contributed by atoms with van der Waals surface area (Å²) in [5, 5.41) is 5.64. The van der Waals surface area contributed by atoms with E-state index in [0.717, 1.165) is 18.4 Å². The van der Waals surface area contributed by atoms with Crippen molar-refractivity contribution in [3.63, 3.8) is 0 Å². The molecule has 4 heteroatoms. The summed E-state index contributed by atoms with van der Waals surface area (Å²) in [7, 11) is 0. The lowest BCUT2D eigenvalue weighted by molar-refractivity contribution is 0.247. The van der Waals surface area contributed by atoms with E-state index in [1.807, 2.05) is 30.3 Å². The van der Waals surface area contributed by atoms with Crippen molar-refractivity contribution in [3.8, 4) is 0 Å². The van der Waals surface area contributed by atoms with E-state index in [1.54, 1.807) is 12.1 Å². The number of hydrogen-bond donors (Lipinski definition) is 2. The number of carbonyl (C=O) groups excluding carboxylic acids is 1. The molecule has 2 N–H and O–H groups in total. The number of rotatable bonds is 3. The Balaban J connectivity index is 1.68. The van der Waals surface area contributed by atoms with Crippen molar-refractivity contribution in [1.29, 1.82) is 0 Å². The molecule has 0 atom stereocenters. The van der Waals surface area contributed by atoms with Crippen molar-refractivity contribution in [2.45, 2.75) is 18.4 Å². The summed E-state index contributed by atoms with van der Waals surface area (Å²) >= 11 is 0. The smallest absolute Gasteiger partial charge is 0.319 e. The van der Waals surface area contributed by atoms with E-state index in [2.05, 4.69) is 10.6 Å². The van der Waals surface area contributed by atoms with E-state index in [0.29, 0.717) is 5.69 Å². The van der Waals surface area contributed by atoms with Crippen LogP contribution in [0.15, 0.2) is 54.6 Å². The highest BCUT2D eigenvalue weighted by atomic mass is 19.1. The topological polar surface area (TPSA) is 41.1 Å². The molecule has 0 heterocycles. The molecule has 2 amide bonds. The van der Waals surface area contributed by atoms with Gasteiger partial charge in [0.05, 0.1) is 5.54 Å². The monoisotopic (exact) mass is 270 g/mol. The number of anilines is 1. The first-order valence-corrected chi connectivity index (χ1v) is 6.58. The minimum atomic E-state index is -0.369. The third-order valence-corrected chi connectivity index (χ3v) is 3.51. The Morgan fingerprint density at radius 1 is 1.05 bits per heavy atom. The predicted molar refractivity (Wildman–Crippen MR) is 75.9 cm³/mol. The number of hydrogen-bond acceptors (Lipinski definition) is 1. The molecule has 1 aliphatic carbocycles. The van der Waals surface area contributed by atoms with Crippen LogP contribution in [0.1, 0.15) is 18.4 Å². The Morgan fingerprint density at radius 3 is 2.45 bits per heavy atom. The lowest BCUT2D eigenvalue weighted by Gasteiger charge is -2.18. The molecule has 2 aromatic rings. The van der Waals surface area contributed by atoms with Crippen LogP contribution in [-0.2, 0) is 5.54 Å². The number of nitrogens with one attached hydrogen (secondary N) is 2. The molecule has 20 heavy (non-hydrogen) atoms. The van der Waals surface area contributed by atoms with Crippen molar-refractivity contribution < 1.29 is 9.18 Å². The average Bonchev–Trinajstić information content (AvgIpc) is 3.20. The Labute approximate surface area is 116 Å². The second-order valence-corrected chi connectivity index (χ2v) is 5.04. The molecule has 2 aromatic carbocycles. The van der Waals surface area contributed by atoms with E-state index in [-0.39, 0.29) is 17.4 Å². The zero-order chi connectivity index (χ0) is 14.0. The molecule has 1 saturated carbocycles. The Morgan fingerprint density at radius 2 is 1.80 bits per heavy atom. The van der Waals surface area contributed by atoms with E-state index in [1.165, 1.54) is 12.1 Å². The van der Waals surface area contributed by atoms with E-state index in [4.69, 9.17) is 0 Å². The van der Waals surface area contributed by atoms with Gasteiger partial charge in [-0.1, -0.05) is 36.4 Å². The van der Waals surface area contributed by atoms with Crippen LogP contribution >= 0.6 is 0 Å². The molecule has 102 valence electrons. The maximum atomic E-state index is 13.1. The molecule has 0 unspecified atom stereocenters. The lowest BCUT2D eigenvalue weighted by atomic mass is 10.1. The van der Waals surface area contributed by atoms with Gasteiger partial charge in [0.1, 0.15) is 5.82 Å². The fourth-order valence-electron chi connectivity index (χ4n) is 2.31. The van der Waals surface area contributed by atoms with Gasteiger partial charge in [0, 0.05) is 5.69 Å². The van der Waals surface area contributed by atoms with Crippen LogP contribution in [-0.4, -0.2) is 6.03 Å². The molecule has 0 aromatic heterocycles.